The Labute approximate surface area is 113 Å². The Bertz CT molecular complexity index is 460. The summed E-state index contributed by atoms with van der Waals surface area (Å²) in [5, 5.41) is 3.63. The number of thioether (sulfide) groups is 1. The summed E-state index contributed by atoms with van der Waals surface area (Å²) in [6.45, 7) is 3.62. The normalized spacial score (nSPS) is 30.3. The highest BCUT2D eigenvalue weighted by Gasteiger charge is 2.40. The number of benzene rings is 1. The van der Waals surface area contributed by atoms with E-state index >= 15 is 0 Å². The third-order valence-electron chi connectivity index (χ3n) is 4.60. The lowest BCUT2D eigenvalue weighted by atomic mass is 9.91. The van der Waals surface area contributed by atoms with Crippen LogP contribution in [0.5, 0.6) is 0 Å². The van der Waals surface area contributed by atoms with Crippen molar-refractivity contribution < 1.29 is 0 Å². The van der Waals surface area contributed by atoms with Gasteiger partial charge in [0.15, 0.2) is 0 Å². The molecule has 1 aromatic rings. The van der Waals surface area contributed by atoms with E-state index in [9.17, 15) is 0 Å². The maximum Gasteiger partial charge on any atom is 0.0543 e. The van der Waals surface area contributed by atoms with Gasteiger partial charge in [-0.05, 0) is 43.2 Å². The van der Waals surface area contributed by atoms with Crippen LogP contribution >= 0.6 is 11.8 Å². The van der Waals surface area contributed by atoms with Gasteiger partial charge in [0, 0.05) is 29.9 Å². The van der Waals surface area contributed by atoms with Gasteiger partial charge in [0.1, 0.15) is 0 Å². The van der Waals surface area contributed by atoms with Crippen LogP contribution in [0.3, 0.4) is 0 Å². The average Bonchev–Trinajstić information content (AvgIpc) is 2.61. The van der Waals surface area contributed by atoms with Crippen molar-refractivity contribution in [2.45, 2.75) is 36.1 Å². The second-order valence-electron chi connectivity index (χ2n) is 5.61. The summed E-state index contributed by atoms with van der Waals surface area (Å²) in [5.41, 5.74) is 3.22. The number of rotatable bonds is 0. The number of nitrogens with one attached hydrogen (secondary N) is 1. The topological polar surface area (TPSA) is 15.3 Å². The standard InChI is InChI=1S/C15H20N2S/c1-4-12-11-5-2-7-16-10-13(11)17-8-3-9-18-14(6-1)15(12)17/h1,4,6,11,13,16H,2-3,5,7-10H2/t11-,13-/m0/s1. The molecule has 3 heterocycles. The highest BCUT2D eigenvalue weighted by atomic mass is 32.2. The fraction of sp³-hybridized carbons (Fsp3) is 0.600. The molecule has 0 bridgehead atoms. The summed E-state index contributed by atoms with van der Waals surface area (Å²) < 4.78 is 0. The van der Waals surface area contributed by atoms with Crippen LogP contribution in [0.15, 0.2) is 23.1 Å². The number of hydrogen-bond acceptors (Lipinski definition) is 3. The largest absolute Gasteiger partial charge is 0.365 e. The zero-order valence-electron chi connectivity index (χ0n) is 10.7. The summed E-state index contributed by atoms with van der Waals surface area (Å²) in [6.07, 6.45) is 4.00. The van der Waals surface area contributed by atoms with Gasteiger partial charge in [-0.15, -0.1) is 11.8 Å². The number of nitrogens with zero attached hydrogens (tertiary/aromatic N) is 1. The third kappa shape index (κ3) is 1.60. The van der Waals surface area contributed by atoms with Crippen molar-refractivity contribution in [1.29, 1.82) is 0 Å². The van der Waals surface area contributed by atoms with E-state index in [1.807, 2.05) is 0 Å². The van der Waals surface area contributed by atoms with Gasteiger partial charge in [0.25, 0.3) is 0 Å². The van der Waals surface area contributed by atoms with Crippen LogP contribution in [0.1, 0.15) is 30.7 Å². The van der Waals surface area contributed by atoms with E-state index in [2.05, 4.69) is 40.2 Å². The predicted octanol–water partition coefficient (Wildman–Crippen LogP) is 2.84. The van der Waals surface area contributed by atoms with E-state index in [0.717, 1.165) is 5.92 Å². The van der Waals surface area contributed by atoms with Gasteiger partial charge >= 0.3 is 0 Å². The molecule has 3 aliphatic heterocycles. The van der Waals surface area contributed by atoms with Crippen LogP contribution in [-0.2, 0) is 0 Å². The van der Waals surface area contributed by atoms with Gasteiger partial charge in [0.2, 0.25) is 0 Å². The Morgan fingerprint density at radius 3 is 3.28 bits per heavy atom. The zero-order chi connectivity index (χ0) is 11.9. The first kappa shape index (κ1) is 11.2. The van der Waals surface area contributed by atoms with Crippen LogP contribution in [0.25, 0.3) is 0 Å². The Morgan fingerprint density at radius 1 is 1.28 bits per heavy atom. The van der Waals surface area contributed by atoms with Gasteiger partial charge in [-0.1, -0.05) is 12.1 Å². The van der Waals surface area contributed by atoms with E-state index in [4.69, 9.17) is 0 Å². The van der Waals surface area contributed by atoms with Crippen LogP contribution in [0.4, 0.5) is 5.69 Å². The van der Waals surface area contributed by atoms with Crippen LogP contribution in [-0.4, -0.2) is 31.4 Å². The highest BCUT2D eigenvalue weighted by Crippen LogP contribution is 2.49. The van der Waals surface area contributed by atoms with Crippen molar-refractivity contribution in [1.82, 2.24) is 5.32 Å². The SMILES string of the molecule is c1cc2c3c(c1)[C@@H]1CCCNC[C@@H]1N3CCCS2. The van der Waals surface area contributed by atoms with Gasteiger partial charge < -0.3 is 10.2 Å². The van der Waals surface area contributed by atoms with Gasteiger partial charge in [0.05, 0.1) is 5.69 Å². The quantitative estimate of drug-likeness (QED) is 0.772. The molecule has 18 heavy (non-hydrogen) atoms. The first-order chi connectivity index (χ1) is 8.95. The maximum atomic E-state index is 3.63. The summed E-state index contributed by atoms with van der Waals surface area (Å²) in [5.74, 6) is 2.05. The van der Waals surface area contributed by atoms with Crippen molar-refractivity contribution >= 4 is 17.4 Å². The summed E-state index contributed by atoms with van der Waals surface area (Å²) in [6, 6.07) is 7.68. The number of para-hydroxylation sites is 1. The van der Waals surface area contributed by atoms with E-state index in [-0.39, 0.29) is 0 Å². The smallest absolute Gasteiger partial charge is 0.0543 e. The minimum Gasteiger partial charge on any atom is -0.365 e. The first-order valence-electron chi connectivity index (χ1n) is 7.18. The molecule has 0 radical (unpaired) electrons. The molecular formula is C15H20N2S. The lowest BCUT2D eigenvalue weighted by molar-refractivity contribution is 0.513. The number of hydrogen-bond donors (Lipinski definition) is 1. The summed E-state index contributed by atoms with van der Waals surface area (Å²) >= 11 is 2.06. The minimum atomic E-state index is 0.711. The number of anilines is 1. The molecule has 0 aromatic heterocycles. The molecule has 4 rings (SSSR count). The average molecular weight is 260 g/mol. The van der Waals surface area contributed by atoms with Crippen LogP contribution in [0.2, 0.25) is 0 Å². The maximum absolute atomic E-state index is 3.63. The van der Waals surface area contributed by atoms with Gasteiger partial charge in [-0.25, -0.2) is 0 Å². The summed E-state index contributed by atoms with van der Waals surface area (Å²) in [4.78, 5) is 4.24. The van der Waals surface area contributed by atoms with E-state index < -0.39 is 0 Å². The molecule has 1 N–H and O–H groups in total. The van der Waals surface area contributed by atoms with Crippen molar-refractivity contribution in [3.63, 3.8) is 0 Å². The molecule has 2 atom stereocenters. The molecule has 0 amide bonds. The van der Waals surface area contributed by atoms with E-state index in [1.54, 1.807) is 11.3 Å². The first-order valence-corrected chi connectivity index (χ1v) is 8.17. The molecule has 3 aliphatic rings. The summed E-state index contributed by atoms with van der Waals surface area (Å²) in [7, 11) is 0. The Hall–Kier alpha value is -0.670. The number of fused-ring (bicyclic) bond motifs is 3. The molecule has 0 unspecified atom stereocenters. The van der Waals surface area contributed by atoms with E-state index in [1.165, 1.54) is 49.5 Å². The fourth-order valence-corrected chi connectivity index (χ4v) is 4.88. The van der Waals surface area contributed by atoms with Crippen molar-refractivity contribution in [2.24, 2.45) is 0 Å². The van der Waals surface area contributed by atoms with Crippen LogP contribution in [0, 0.1) is 0 Å². The molecule has 1 fully saturated rings. The van der Waals surface area contributed by atoms with Crippen LogP contribution < -0.4 is 10.2 Å². The van der Waals surface area contributed by atoms with Crippen molar-refractivity contribution in [2.75, 3.05) is 30.3 Å². The Balaban J connectivity index is 1.84. The minimum absolute atomic E-state index is 0.711. The molecule has 96 valence electrons. The molecule has 2 nitrogen and oxygen atoms in total. The molecule has 1 aromatic carbocycles. The van der Waals surface area contributed by atoms with Gasteiger partial charge in [-0.3, -0.25) is 0 Å². The van der Waals surface area contributed by atoms with Gasteiger partial charge in [-0.2, -0.15) is 0 Å². The second-order valence-corrected chi connectivity index (χ2v) is 6.75. The van der Waals surface area contributed by atoms with Crippen molar-refractivity contribution in [3.05, 3.63) is 23.8 Å². The second kappa shape index (κ2) is 4.46. The van der Waals surface area contributed by atoms with E-state index in [0.29, 0.717) is 6.04 Å². The third-order valence-corrected chi connectivity index (χ3v) is 5.74. The molecule has 0 saturated carbocycles. The Kier molecular flexibility index (Phi) is 2.77. The lowest BCUT2D eigenvalue weighted by Gasteiger charge is -2.29. The Morgan fingerprint density at radius 2 is 2.28 bits per heavy atom. The predicted molar refractivity (Wildman–Crippen MR) is 77.8 cm³/mol. The highest BCUT2D eigenvalue weighted by molar-refractivity contribution is 7.99. The fourth-order valence-electron chi connectivity index (χ4n) is 3.84. The molecule has 1 saturated heterocycles. The lowest BCUT2D eigenvalue weighted by Crippen LogP contribution is -2.41. The molecular weight excluding hydrogens is 240 g/mol. The molecule has 0 aliphatic carbocycles. The zero-order valence-corrected chi connectivity index (χ0v) is 11.5. The molecule has 0 spiro atoms. The molecule has 3 heteroatoms. The monoisotopic (exact) mass is 260 g/mol. The van der Waals surface area contributed by atoms with Crippen molar-refractivity contribution in [3.8, 4) is 0 Å².